The summed E-state index contributed by atoms with van der Waals surface area (Å²) in [6, 6.07) is 15.4. The highest BCUT2D eigenvalue weighted by molar-refractivity contribution is 6.31. The predicted molar refractivity (Wildman–Crippen MR) is 93.8 cm³/mol. The van der Waals surface area contributed by atoms with Gasteiger partial charge in [-0.1, -0.05) is 41.4 Å². The van der Waals surface area contributed by atoms with Crippen LogP contribution in [0, 0.1) is 13.8 Å². The Morgan fingerprint density at radius 2 is 1.91 bits per heavy atom. The fourth-order valence-corrected chi connectivity index (χ4v) is 2.74. The lowest BCUT2D eigenvalue weighted by molar-refractivity contribution is 0.0950. The Morgan fingerprint density at radius 3 is 2.70 bits per heavy atom. The van der Waals surface area contributed by atoms with Crippen molar-refractivity contribution in [1.29, 1.82) is 0 Å². The summed E-state index contributed by atoms with van der Waals surface area (Å²) in [5.41, 5.74) is 4.25. The van der Waals surface area contributed by atoms with E-state index in [0.717, 1.165) is 27.7 Å². The number of benzene rings is 2. The Morgan fingerprint density at radius 1 is 1.13 bits per heavy atom. The molecule has 3 aromatic rings. The van der Waals surface area contributed by atoms with Gasteiger partial charge in [-0.2, -0.15) is 0 Å². The van der Waals surface area contributed by atoms with Crippen molar-refractivity contribution in [3.63, 3.8) is 0 Å². The van der Waals surface area contributed by atoms with Crippen LogP contribution in [0.5, 0.6) is 0 Å². The largest absolute Gasteiger partial charge is 0.348 e. The Labute approximate surface area is 140 Å². The molecule has 0 saturated carbocycles. The minimum Gasteiger partial charge on any atom is -0.348 e. The molecule has 3 rings (SSSR count). The fourth-order valence-electron chi connectivity index (χ4n) is 2.53. The zero-order chi connectivity index (χ0) is 16.4. The molecule has 23 heavy (non-hydrogen) atoms. The summed E-state index contributed by atoms with van der Waals surface area (Å²) in [4.78, 5) is 17.0. The van der Waals surface area contributed by atoms with Gasteiger partial charge in [-0.3, -0.25) is 9.78 Å². The number of aryl methyl sites for hydroxylation is 2. The molecule has 0 fully saturated rings. The van der Waals surface area contributed by atoms with Crippen LogP contribution in [0.4, 0.5) is 0 Å². The summed E-state index contributed by atoms with van der Waals surface area (Å²) in [5, 5.41) is 4.53. The lowest BCUT2D eigenvalue weighted by Crippen LogP contribution is -2.24. The fraction of sp³-hybridized carbons (Fsp3) is 0.158. The van der Waals surface area contributed by atoms with Crippen molar-refractivity contribution in [2.45, 2.75) is 20.4 Å². The number of nitrogens with zero attached hydrogens (tertiary/aromatic N) is 1. The highest BCUT2D eigenvalue weighted by atomic mass is 35.5. The first-order valence-electron chi connectivity index (χ1n) is 7.44. The van der Waals surface area contributed by atoms with Crippen LogP contribution in [-0.4, -0.2) is 10.9 Å². The minimum atomic E-state index is -0.140. The number of hydrogen-bond donors (Lipinski definition) is 1. The zero-order valence-electron chi connectivity index (χ0n) is 13.1. The summed E-state index contributed by atoms with van der Waals surface area (Å²) in [5.74, 6) is -0.140. The van der Waals surface area contributed by atoms with Crippen molar-refractivity contribution < 1.29 is 4.79 Å². The third-order valence-electron chi connectivity index (χ3n) is 3.80. The van der Waals surface area contributed by atoms with Crippen LogP contribution in [0.3, 0.4) is 0 Å². The Balaban J connectivity index is 1.85. The van der Waals surface area contributed by atoms with Crippen LogP contribution in [0.25, 0.3) is 10.9 Å². The molecule has 0 bridgehead atoms. The van der Waals surface area contributed by atoms with Crippen molar-refractivity contribution in [2.24, 2.45) is 0 Å². The molecule has 1 aromatic heterocycles. The van der Waals surface area contributed by atoms with Gasteiger partial charge in [0.05, 0.1) is 16.8 Å². The van der Waals surface area contributed by atoms with E-state index >= 15 is 0 Å². The second-order valence-corrected chi connectivity index (χ2v) is 6.00. The summed E-state index contributed by atoms with van der Waals surface area (Å²) >= 11 is 6.12. The smallest absolute Gasteiger partial charge is 0.253 e. The molecule has 1 N–H and O–H groups in total. The van der Waals surface area contributed by atoms with E-state index in [0.29, 0.717) is 17.1 Å². The number of halogens is 1. The third-order valence-corrected chi connectivity index (χ3v) is 4.17. The molecule has 116 valence electrons. The van der Waals surface area contributed by atoms with Crippen LogP contribution in [-0.2, 0) is 6.54 Å². The van der Waals surface area contributed by atoms with Crippen molar-refractivity contribution in [3.8, 4) is 0 Å². The van der Waals surface area contributed by atoms with Gasteiger partial charge in [-0.05, 0) is 43.7 Å². The summed E-state index contributed by atoms with van der Waals surface area (Å²) in [7, 11) is 0. The first-order chi connectivity index (χ1) is 11.0. The number of amides is 1. The SMILES string of the molecule is Cc1ccc2nc(C)c(C(=O)NCc3ccccc3Cl)cc2c1. The van der Waals surface area contributed by atoms with E-state index in [9.17, 15) is 4.79 Å². The molecule has 0 unspecified atom stereocenters. The molecule has 1 heterocycles. The van der Waals surface area contributed by atoms with Crippen molar-refractivity contribution in [3.05, 3.63) is 75.9 Å². The molecule has 0 aliphatic carbocycles. The molecule has 3 nitrogen and oxygen atoms in total. The number of carbonyl (C=O) groups is 1. The molecule has 2 aromatic carbocycles. The van der Waals surface area contributed by atoms with Gasteiger partial charge >= 0.3 is 0 Å². The number of hydrogen-bond acceptors (Lipinski definition) is 2. The zero-order valence-corrected chi connectivity index (χ0v) is 13.8. The van der Waals surface area contributed by atoms with Gasteiger partial charge in [0.15, 0.2) is 0 Å². The molecular formula is C19H17ClN2O. The standard InChI is InChI=1S/C19H17ClN2O/c1-12-7-8-18-15(9-12)10-16(13(2)22-18)19(23)21-11-14-5-3-4-6-17(14)20/h3-10H,11H2,1-2H3,(H,21,23). The molecule has 0 radical (unpaired) electrons. The van der Waals surface area contributed by atoms with Crippen LogP contribution >= 0.6 is 11.6 Å². The number of aromatic nitrogens is 1. The van der Waals surface area contributed by atoms with E-state index in [1.165, 1.54) is 0 Å². The summed E-state index contributed by atoms with van der Waals surface area (Å²) in [6.45, 7) is 4.27. The Bertz CT molecular complexity index is 890. The normalized spacial score (nSPS) is 10.7. The molecule has 0 saturated heterocycles. The maximum atomic E-state index is 12.5. The van der Waals surface area contributed by atoms with Gasteiger partial charge in [-0.25, -0.2) is 0 Å². The predicted octanol–water partition coefficient (Wildman–Crippen LogP) is 4.44. The number of carbonyl (C=O) groups excluding carboxylic acids is 1. The highest BCUT2D eigenvalue weighted by Gasteiger charge is 2.12. The van der Waals surface area contributed by atoms with E-state index in [1.54, 1.807) is 0 Å². The van der Waals surface area contributed by atoms with E-state index in [4.69, 9.17) is 11.6 Å². The number of fused-ring (bicyclic) bond motifs is 1. The average molecular weight is 325 g/mol. The number of pyridine rings is 1. The molecule has 4 heteroatoms. The van der Waals surface area contributed by atoms with Gasteiger partial charge in [-0.15, -0.1) is 0 Å². The lowest BCUT2D eigenvalue weighted by Gasteiger charge is -2.10. The molecule has 0 aliphatic rings. The first-order valence-corrected chi connectivity index (χ1v) is 7.82. The number of rotatable bonds is 3. The minimum absolute atomic E-state index is 0.140. The summed E-state index contributed by atoms with van der Waals surface area (Å²) < 4.78 is 0. The summed E-state index contributed by atoms with van der Waals surface area (Å²) in [6.07, 6.45) is 0. The molecule has 0 atom stereocenters. The van der Waals surface area contributed by atoms with Crippen LogP contribution in [0.1, 0.15) is 27.2 Å². The first kappa shape index (κ1) is 15.5. The van der Waals surface area contributed by atoms with Crippen molar-refractivity contribution in [1.82, 2.24) is 10.3 Å². The molecule has 0 aliphatic heterocycles. The monoisotopic (exact) mass is 324 g/mol. The maximum absolute atomic E-state index is 12.5. The van der Waals surface area contributed by atoms with Gasteiger partial charge in [0.1, 0.15) is 0 Å². The van der Waals surface area contributed by atoms with E-state index in [2.05, 4.69) is 10.3 Å². The van der Waals surface area contributed by atoms with Crippen LogP contribution in [0.15, 0.2) is 48.5 Å². The van der Waals surface area contributed by atoms with Gasteiger partial charge in [0.2, 0.25) is 0 Å². The quantitative estimate of drug-likeness (QED) is 0.774. The van der Waals surface area contributed by atoms with E-state index in [1.807, 2.05) is 62.4 Å². The average Bonchev–Trinajstić information content (AvgIpc) is 2.53. The number of nitrogens with one attached hydrogen (secondary N) is 1. The second-order valence-electron chi connectivity index (χ2n) is 5.59. The van der Waals surface area contributed by atoms with Gasteiger partial charge < -0.3 is 5.32 Å². The van der Waals surface area contributed by atoms with Crippen molar-refractivity contribution in [2.75, 3.05) is 0 Å². The van der Waals surface area contributed by atoms with Gasteiger partial charge in [0, 0.05) is 17.0 Å². The van der Waals surface area contributed by atoms with Crippen molar-refractivity contribution >= 4 is 28.4 Å². The molecule has 1 amide bonds. The topological polar surface area (TPSA) is 42.0 Å². The Kier molecular flexibility index (Phi) is 4.30. The van der Waals surface area contributed by atoms with E-state index < -0.39 is 0 Å². The third kappa shape index (κ3) is 3.35. The van der Waals surface area contributed by atoms with Gasteiger partial charge in [0.25, 0.3) is 5.91 Å². The Hall–Kier alpha value is -2.39. The van der Waals surface area contributed by atoms with Crippen LogP contribution < -0.4 is 5.32 Å². The maximum Gasteiger partial charge on any atom is 0.253 e. The lowest BCUT2D eigenvalue weighted by atomic mass is 10.1. The highest BCUT2D eigenvalue weighted by Crippen LogP contribution is 2.19. The molecule has 0 spiro atoms. The van der Waals surface area contributed by atoms with Crippen LogP contribution in [0.2, 0.25) is 5.02 Å². The van der Waals surface area contributed by atoms with E-state index in [-0.39, 0.29) is 5.91 Å². The second kappa shape index (κ2) is 6.39. The molecular weight excluding hydrogens is 308 g/mol.